The standard InChI is InChI=1S/C33H34N4O4/c1-41-33(40)24-10-12-26-27(21-24)35-32(39)30(26)31(22-8-4-2-5-9-22)34-25-11-13-28-23(20-25)14-19-37(28)29(38)15-18-36-16-6-3-7-17-36/h2,4-5,8-13,20-21,35,39H,3,6-7,14-19H2,1H3. The second-order valence-electron chi connectivity index (χ2n) is 10.7. The fourth-order valence-electron chi connectivity index (χ4n) is 5.95. The van der Waals surface area contributed by atoms with E-state index in [0.29, 0.717) is 35.3 Å². The molecule has 0 saturated carbocycles. The van der Waals surface area contributed by atoms with Gasteiger partial charge in [-0.3, -0.25) is 4.79 Å². The van der Waals surface area contributed by atoms with Gasteiger partial charge < -0.3 is 24.6 Å². The number of amides is 1. The summed E-state index contributed by atoms with van der Waals surface area (Å²) in [4.78, 5) is 37.5. The number of H-pyrrole nitrogens is 1. The summed E-state index contributed by atoms with van der Waals surface area (Å²) < 4.78 is 4.85. The molecule has 6 rings (SSSR count). The molecule has 0 spiro atoms. The Morgan fingerprint density at radius 2 is 1.76 bits per heavy atom. The molecule has 1 fully saturated rings. The third kappa shape index (κ3) is 5.47. The van der Waals surface area contributed by atoms with Crippen molar-refractivity contribution in [2.24, 2.45) is 4.99 Å². The SMILES string of the molecule is COC(=O)c1ccc2c(C(=Nc3ccc4c(c3)CCN4C(=O)CCN3CCCCC3)c3ccccc3)c(O)[nH]c2c1. The summed E-state index contributed by atoms with van der Waals surface area (Å²) in [6.45, 7) is 3.68. The van der Waals surface area contributed by atoms with Crippen LogP contribution >= 0.6 is 0 Å². The molecule has 2 aliphatic heterocycles. The highest BCUT2D eigenvalue weighted by molar-refractivity contribution is 6.22. The molecule has 2 N–H and O–H groups in total. The van der Waals surface area contributed by atoms with Crippen LogP contribution in [0, 0.1) is 0 Å². The van der Waals surface area contributed by atoms with Gasteiger partial charge >= 0.3 is 5.97 Å². The molecule has 3 heterocycles. The van der Waals surface area contributed by atoms with Gasteiger partial charge in [0, 0.05) is 41.7 Å². The molecule has 0 bridgehead atoms. The zero-order valence-corrected chi connectivity index (χ0v) is 23.2. The number of hydrogen-bond acceptors (Lipinski definition) is 6. The van der Waals surface area contributed by atoms with Crippen LogP contribution < -0.4 is 4.90 Å². The molecule has 0 aliphatic carbocycles. The molecule has 1 amide bonds. The average molecular weight is 551 g/mol. The number of rotatable bonds is 7. The van der Waals surface area contributed by atoms with Gasteiger partial charge in [-0.25, -0.2) is 9.79 Å². The van der Waals surface area contributed by atoms with Crippen LogP contribution in [-0.2, 0) is 16.0 Å². The predicted octanol–water partition coefficient (Wildman–Crippen LogP) is 5.59. The smallest absolute Gasteiger partial charge is 0.337 e. The molecule has 2 aliphatic rings. The molecule has 0 unspecified atom stereocenters. The Bertz CT molecular complexity index is 1620. The number of carbonyl (C=O) groups excluding carboxylic acids is 2. The molecule has 1 aromatic heterocycles. The molecule has 8 nitrogen and oxygen atoms in total. The van der Waals surface area contributed by atoms with E-state index in [9.17, 15) is 14.7 Å². The zero-order chi connectivity index (χ0) is 28.3. The van der Waals surface area contributed by atoms with Gasteiger partial charge in [0.15, 0.2) is 5.88 Å². The Hall–Kier alpha value is -4.43. The third-order valence-electron chi connectivity index (χ3n) is 8.08. The van der Waals surface area contributed by atoms with E-state index in [4.69, 9.17) is 9.73 Å². The summed E-state index contributed by atoms with van der Waals surface area (Å²) in [7, 11) is 1.34. The van der Waals surface area contributed by atoms with Gasteiger partial charge in [0.25, 0.3) is 0 Å². The number of methoxy groups -OCH3 is 1. The first kappa shape index (κ1) is 26.8. The molecular formula is C33H34N4O4. The number of aromatic nitrogens is 1. The normalized spacial score (nSPS) is 15.7. The van der Waals surface area contributed by atoms with Crippen molar-refractivity contribution in [1.29, 1.82) is 0 Å². The Morgan fingerprint density at radius 3 is 2.54 bits per heavy atom. The summed E-state index contributed by atoms with van der Waals surface area (Å²) in [6.07, 6.45) is 5.05. The molecular weight excluding hydrogens is 516 g/mol. The number of aromatic hydroxyl groups is 1. The van der Waals surface area contributed by atoms with E-state index in [2.05, 4.69) is 9.88 Å². The van der Waals surface area contributed by atoms with Gasteiger partial charge in [-0.05, 0) is 68.2 Å². The van der Waals surface area contributed by atoms with E-state index in [1.54, 1.807) is 18.2 Å². The van der Waals surface area contributed by atoms with Crippen molar-refractivity contribution < 1.29 is 19.4 Å². The zero-order valence-electron chi connectivity index (χ0n) is 23.2. The van der Waals surface area contributed by atoms with Gasteiger partial charge in [-0.15, -0.1) is 0 Å². The molecule has 210 valence electrons. The van der Waals surface area contributed by atoms with Crippen LogP contribution in [0.15, 0.2) is 71.7 Å². The van der Waals surface area contributed by atoms with Gasteiger partial charge in [-0.2, -0.15) is 0 Å². The maximum absolute atomic E-state index is 13.1. The number of aromatic amines is 1. The van der Waals surface area contributed by atoms with Crippen LogP contribution in [0.1, 0.15) is 52.7 Å². The van der Waals surface area contributed by atoms with E-state index in [-0.39, 0.29) is 11.8 Å². The largest absolute Gasteiger partial charge is 0.494 e. The minimum absolute atomic E-state index is 0.0312. The van der Waals surface area contributed by atoms with Crippen molar-refractivity contribution in [3.8, 4) is 5.88 Å². The number of ether oxygens (including phenoxy) is 1. The first-order valence-corrected chi connectivity index (χ1v) is 14.2. The van der Waals surface area contributed by atoms with E-state index in [1.165, 1.54) is 26.4 Å². The summed E-state index contributed by atoms with van der Waals surface area (Å²) in [5.41, 5.74) is 5.79. The summed E-state index contributed by atoms with van der Waals surface area (Å²) in [5.74, 6) is -0.307. The first-order chi connectivity index (χ1) is 20.0. The fraction of sp³-hybridized carbons (Fsp3) is 0.303. The summed E-state index contributed by atoms with van der Waals surface area (Å²) in [5, 5.41) is 11.8. The van der Waals surface area contributed by atoms with Crippen LogP contribution in [0.3, 0.4) is 0 Å². The van der Waals surface area contributed by atoms with Crippen molar-refractivity contribution in [1.82, 2.24) is 9.88 Å². The topological polar surface area (TPSA) is 98.2 Å². The molecule has 1 saturated heterocycles. The number of carbonyl (C=O) groups is 2. The lowest BCUT2D eigenvalue weighted by atomic mass is 10.00. The molecule has 8 heteroatoms. The molecule has 3 aromatic carbocycles. The second-order valence-corrected chi connectivity index (χ2v) is 10.7. The lowest BCUT2D eigenvalue weighted by Gasteiger charge is -2.27. The van der Waals surface area contributed by atoms with Gasteiger partial charge in [0.1, 0.15) is 0 Å². The molecule has 0 radical (unpaired) electrons. The number of benzene rings is 3. The number of anilines is 1. The highest BCUT2D eigenvalue weighted by Gasteiger charge is 2.26. The molecule has 0 atom stereocenters. The summed E-state index contributed by atoms with van der Waals surface area (Å²) >= 11 is 0. The average Bonchev–Trinajstić information content (AvgIpc) is 3.58. The monoisotopic (exact) mass is 550 g/mol. The van der Waals surface area contributed by atoms with Crippen LogP contribution in [0.4, 0.5) is 11.4 Å². The number of hydrogen-bond donors (Lipinski definition) is 2. The van der Waals surface area contributed by atoms with E-state index in [0.717, 1.165) is 53.9 Å². The lowest BCUT2D eigenvalue weighted by molar-refractivity contribution is -0.118. The van der Waals surface area contributed by atoms with E-state index in [1.807, 2.05) is 53.4 Å². The van der Waals surface area contributed by atoms with Crippen molar-refractivity contribution in [3.05, 3.63) is 89.0 Å². The number of piperidine rings is 1. The molecule has 4 aromatic rings. The van der Waals surface area contributed by atoms with Gasteiger partial charge in [-0.1, -0.05) is 42.8 Å². The Balaban J connectivity index is 1.32. The predicted molar refractivity (Wildman–Crippen MR) is 160 cm³/mol. The van der Waals surface area contributed by atoms with Gasteiger partial charge in [0.05, 0.1) is 29.6 Å². The minimum Gasteiger partial charge on any atom is -0.494 e. The number of aliphatic imine (C=N–C) groups is 1. The van der Waals surface area contributed by atoms with Crippen LogP contribution in [0.2, 0.25) is 0 Å². The number of nitrogens with one attached hydrogen (secondary N) is 1. The van der Waals surface area contributed by atoms with Crippen LogP contribution in [0.5, 0.6) is 5.88 Å². The van der Waals surface area contributed by atoms with Crippen LogP contribution in [-0.4, -0.2) is 65.9 Å². The van der Waals surface area contributed by atoms with E-state index < -0.39 is 5.97 Å². The Morgan fingerprint density at radius 1 is 0.951 bits per heavy atom. The number of nitrogens with zero attached hydrogens (tertiary/aromatic N) is 3. The second kappa shape index (κ2) is 11.6. The highest BCUT2D eigenvalue weighted by atomic mass is 16.5. The third-order valence-corrected chi connectivity index (χ3v) is 8.08. The first-order valence-electron chi connectivity index (χ1n) is 14.2. The summed E-state index contributed by atoms with van der Waals surface area (Å²) in [6, 6.07) is 20.8. The van der Waals surface area contributed by atoms with Crippen LogP contribution in [0.25, 0.3) is 10.9 Å². The maximum atomic E-state index is 13.1. The van der Waals surface area contributed by atoms with Gasteiger partial charge in [0.2, 0.25) is 5.91 Å². The molecule has 41 heavy (non-hydrogen) atoms. The van der Waals surface area contributed by atoms with E-state index >= 15 is 0 Å². The van der Waals surface area contributed by atoms with Crippen molar-refractivity contribution in [2.45, 2.75) is 32.1 Å². The maximum Gasteiger partial charge on any atom is 0.337 e. The highest BCUT2D eigenvalue weighted by Crippen LogP contribution is 2.35. The Labute approximate surface area is 239 Å². The van der Waals surface area contributed by atoms with Crippen molar-refractivity contribution in [2.75, 3.05) is 38.2 Å². The lowest BCUT2D eigenvalue weighted by Crippen LogP contribution is -2.35. The number of likely N-dealkylation sites (tertiary alicyclic amines) is 1. The van der Waals surface area contributed by atoms with Crippen molar-refractivity contribution >= 4 is 39.9 Å². The number of fused-ring (bicyclic) bond motifs is 2. The fourth-order valence-corrected chi connectivity index (χ4v) is 5.95. The quantitative estimate of drug-likeness (QED) is 0.231. The Kier molecular flexibility index (Phi) is 7.57. The van der Waals surface area contributed by atoms with Crippen molar-refractivity contribution in [3.63, 3.8) is 0 Å². The minimum atomic E-state index is -0.448. The number of esters is 1.